The molecule has 2 N–H and O–H groups in total. The number of phenolic OH excluding ortho intramolecular Hbond substituents is 2. The molecule has 0 spiro atoms. The van der Waals surface area contributed by atoms with E-state index in [1.807, 2.05) is 24.3 Å². The van der Waals surface area contributed by atoms with Crippen molar-refractivity contribution in [2.45, 2.75) is 23.7 Å². The van der Waals surface area contributed by atoms with Gasteiger partial charge in [0.15, 0.2) is 0 Å². The zero-order chi connectivity index (χ0) is 13.5. The van der Waals surface area contributed by atoms with E-state index in [0.717, 1.165) is 12.2 Å². The van der Waals surface area contributed by atoms with E-state index in [0.29, 0.717) is 11.5 Å². The molecule has 1 heterocycles. The van der Waals surface area contributed by atoms with Crippen LogP contribution < -0.4 is 0 Å². The van der Waals surface area contributed by atoms with Crippen molar-refractivity contribution in [2.24, 2.45) is 0 Å². The SMILES string of the molecule is CC1(c2ccc(O)cc2)CSc2cc(O)ccc2C1. The lowest BCUT2D eigenvalue weighted by Gasteiger charge is -2.35. The fraction of sp³-hybridized carbons (Fsp3) is 0.250. The van der Waals surface area contributed by atoms with Gasteiger partial charge in [-0.3, -0.25) is 0 Å². The second kappa shape index (κ2) is 4.49. The predicted octanol–water partition coefficient (Wildman–Crippen LogP) is 3.70. The van der Waals surface area contributed by atoms with E-state index >= 15 is 0 Å². The van der Waals surface area contributed by atoms with Crippen LogP contribution in [-0.2, 0) is 11.8 Å². The minimum atomic E-state index is 0.0718. The third-order valence-electron chi connectivity index (χ3n) is 3.74. The molecule has 98 valence electrons. The van der Waals surface area contributed by atoms with Crippen molar-refractivity contribution in [2.75, 3.05) is 5.75 Å². The number of benzene rings is 2. The Hall–Kier alpha value is -1.61. The molecule has 2 nitrogen and oxygen atoms in total. The standard InChI is InChI=1S/C16H16O2S/c1-16(12-3-6-13(17)7-4-12)9-11-2-5-14(18)8-15(11)19-10-16/h2-8,17-18H,9-10H2,1H3. The summed E-state index contributed by atoms with van der Waals surface area (Å²) in [7, 11) is 0. The molecule has 0 bridgehead atoms. The summed E-state index contributed by atoms with van der Waals surface area (Å²) < 4.78 is 0. The van der Waals surface area contributed by atoms with E-state index < -0.39 is 0 Å². The fourth-order valence-electron chi connectivity index (χ4n) is 2.58. The first kappa shape index (κ1) is 12.4. The molecule has 1 unspecified atom stereocenters. The van der Waals surface area contributed by atoms with Gasteiger partial charge in [0.05, 0.1) is 0 Å². The normalized spacial score (nSPS) is 21.9. The molecule has 1 aliphatic rings. The third kappa shape index (κ3) is 2.30. The summed E-state index contributed by atoms with van der Waals surface area (Å²) in [5.74, 6) is 1.62. The highest BCUT2D eigenvalue weighted by Gasteiger charge is 2.32. The van der Waals surface area contributed by atoms with Gasteiger partial charge in [-0.1, -0.05) is 25.1 Å². The van der Waals surface area contributed by atoms with Crippen LogP contribution in [0.1, 0.15) is 18.1 Å². The molecule has 2 aromatic carbocycles. The average molecular weight is 272 g/mol. The highest BCUT2D eigenvalue weighted by molar-refractivity contribution is 7.99. The highest BCUT2D eigenvalue weighted by Crippen LogP contribution is 2.43. The third-order valence-corrected chi connectivity index (χ3v) is 5.21. The van der Waals surface area contributed by atoms with E-state index in [1.54, 1.807) is 30.0 Å². The monoisotopic (exact) mass is 272 g/mol. The Labute approximate surface area is 117 Å². The molecular weight excluding hydrogens is 256 g/mol. The maximum Gasteiger partial charge on any atom is 0.116 e. The molecule has 0 aromatic heterocycles. The van der Waals surface area contributed by atoms with Gasteiger partial charge in [-0.05, 0) is 41.8 Å². The topological polar surface area (TPSA) is 40.5 Å². The van der Waals surface area contributed by atoms with Crippen molar-refractivity contribution in [3.8, 4) is 11.5 Å². The van der Waals surface area contributed by atoms with Crippen LogP contribution in [0.3, 0.4) is 0 Å². The molecule has 0 saturated carbocycles. The minimum Gasteiger partial charge on any atom is -0.508 e. The molecule has 2 aromatic rings. The Balaban J connectivity index is 1.95. The second-order valence-corrected chi connectivity index (χ2v) is 6.38. The van der Waals surface area contributed by atoms with Crippen LogP contribution in [0, 0.1) is 0 Å². The first-order valence-electron chi connectivity index (χ1n) is 6.31. The number of thioether (sulfide) groups is 1. The van der Waals surface area contributed by atoms with Crippen molar-refractivity contribution in [3.63, 3.8) is 0 Å². The quantitative estimate of drug-likeness (QED) is 0.831. The van der Waals surface area contributed by atoms with Gasteiger partial charge < -0.3 is 10.2 Å². The molecule has 0 aliphatic carbocycles. The predicted molar refractivity (Wildman–Crippen MR) is 78.0 cm³/mol. The summed E-state index contributed by atoms with van der Waals surface area (Å²) in [5, 5.41) is 18.9. The van der Waals surface area contributed by atoms with Crippen LogP contribution in [0.5, 0.6) is 11.5 Å². The number of hydrogen-bond donors (Lipinski definition) is 2. The van der Waals surface area contributed by atoms with Crippen LogP contribution in [0.4, 0.5) is 0 Å². The van der Waals surface area contributed by atoms with Crippen LogP contribution in [0.25, 0.3) is 0 Å². The Morgan fingerprint density at radius 1 is 1.00 bits per heavy atom. The summed E-state index contributed by atoms with van der Waals surface area (Å²) in [5.41, 5.74) is 2.60. The summed E-state index contributed by atoms with van der Waals surface area (Å²) in [6.07, 6.45) is 0.959. The minimum absolute atomic E-state index is 0.0718. The summed E-state index contributed by atoms with van der Waals surface area (Å²) >= 11 is 1.79. The average Bonchev–Trinajstić information content (AvgIpc) is 2.40. The number of phenols is 2. The van der Waals surface area contributed by atoms with Crippen molar-refractivity contribution in [1.82, 2.24) is 0 Å². The largest absolute Gasteiger partial charge is 0.508 e. The number of rotatable bonds is 1. The number of aromatic hydroxyl groups is 2. The molecule has 0 amide bonds. The maximum absolute atomic E-state index is 9.52. The van der Waals surface area contributed by atoms with E-state index in [9.17, 15) is 10.2 Å². The molecule has 3 rings (SSSR count). The first-order valence-corrected chi connectivity index (χ1v) is 7.30. The molecule has 19 heavy (non-hydrogen) atoms. The Bertz CT molecular complexity index is 607. The van der Waals surface area contributed by atoms with Gasteiger partial charge in [-0.2, -0.15) is 0 Å². The zero-order valence-electron chi connectivity index (χ0n) is 10.8. The fourth-order valence-corrected chi connectivity index (χ4v) is 3.85. The molecule has 1 atom stereocenters. The van der Waals surface area contributed by atoms with Crippen molar-refractivity contribution in [3.05, 3.63) is 53.6 Å². The van der Waals surface area contributed by atoms with Crippen LogP contribution in [-0.4, -0.2) is 16.0 Å². The lowest BCUT2D eigenvalue weighted by molar-refractivity contribution is 0.468. The Kier molecular flexibility index (Phi) is 2.94. The lowest BCUT2D eigenvalue weighted by Crippen LogP contribution is -2.30. The lowest BCUT2D eigenvalue weighted by atomic mass is 9.78. The number of hydrogen-bond acceptors (Lipinski definition) is 3. The summed E-state index contributed by atoms with van der Waals surface area (Å²) in [4.78, 5) is 1.18. The zero-order valence-corrected chi connectivity index (χ0v) is 11.6. The van der Waals surface area contributed by atoms with Gasteiger partial charge in [-0.15, -0.1) is 11.8 Å². The van der Waals surface area contributed by atoms with Crippen molar-refractivity contribution >= 4 is 11.8 Å². The van der Waals surface area contributed by atoms with Crippen LogP contribution in [0.15, 0.2) is 47.4 Å². The van der Waals surface area contributed by atoms with Crippen molar-refractivity contribution in [1.29, 1.82) is 0 Å². The van der Waals surface area contributed by atoms with Crippen LogP contribution >= 0.6 is 11.8 Å². The number of fused-ring (bicyclic) bond motifs is 1. The first-order chi connectivity index (χ1) is 9.07. The van der Waals surface area contributed by atoms with Gasteiger partial charge in [-0.25, -0.2) is 0 Å². The second-order valence-electron chi connectivity index (χ2n) is 5.37. The van der Waals surface area contributed by atoms with Gasteiger partial charge in [0.2, 0.25) is 0 Å². The summed E-state index contributed by atoms with van der Waals surface area (Å²) in [6, 6.07) is 13.1. The smallest absolute Gasteiger partial charge is 0.116 e. The molecular formula is C16H16O2S. The highest BCUT2D eigenvalue weighted by atomic mass is 32.2. The van der Waals surface area contributed by atoms with Gasteiger partial charge in [0.1, 0.15) is 11.5 Å². The van der Waals surface area contributed by atoms with Gasteiger partial charge in [0, 0.05) is 16.1 Å². The van der Waals surface area contributed by atoms with Gasteiger partial charge in [0.25, 0.3) is 0 Å². The van der Waals surface area contributed by atoms with E-state index in [-0.39, 0.29) is 5.41 Å². The van der Waals surface area contributed by atoms with Crippen LogP contribution in [0.2, 0.25) is 0 Å². The van der Waals surface area contributed by atoms with E-state index in [4.69, 9.17) is 0 Å². The molecule has 0 saturated heterocycles. The molecule has 0 radical (unpaired) electrons. The Morgan fingerprint density at radius 2 is 1.68 bits per heavy atom. The molecule has 0 fully saturated rings. The summed E-state index contributed by atoms with van der Waals surface area (Å²) in [6.45, 7) is 2.25. The van der Waals surface area contributed by atoms with E-state index in [2.05, 4.69) is 6.92 Å². The van der Waals surface area contributed by atoms with Gasteiger partial charge >= 0.3 is 0 Å². The van der Waals surface area contributed by atoms with Crippen molar-refractivity contribution < 1.29 is 10.2 Å². The van der Waals surface area contributed by atoms with E-state index in [1.165, 1.54) is 16.0 Å². The molecule has 1 aliphatic heterocycles. The Morgan fingerprint density at radius 3 is 2.42 bits per heavy atom. The maximum atomic E-state index is 9.52. The molecule has 3 heteroatoms.